The first kappa shape index (κ1) is 15.1. The summed E-state index contributed by atoms with van der Waals surface area (Å²) < 4.78 is 0. The van der Waals surface area contributed by atoms with E-state index in [1.165, 1.54) is 38.5 Å². The fourth-order valence-electron chi connectivity index (χ4n) is 3.00. The van der Waals surface area contributed by atoms with Crippen LogP contribution >= 0.6 is 23.2 Å². The number of benzene rings is 1. The van der Waals surface area contributed by atoms with Crippen molar-refractivity contribution < 1.29 is 0 Å². The summed E-state index contributed by atoms with van der Waals surface area (Å²) in [6.45, 7) is 0. The van der Waals surface area contributed by atoms with Gasteiger partial charge in [-0.3, -0.25) is 11.3 Å². The molecule has 0 bridgehead atoms. The summed E-state index contributed by atoms with van der Waals surface area (Å²) in [6.07, 6.45) is 9.17. The second kappa shape index (κ2) is 7.49. The first-order valence-electron chi connectivity index (χ1n) is 7.11. The van der Waals surface area contributed by atoms with E-state index in [1.54, 1.807) is 6.07 Å². The molecule has 4 heteroatoms. The predicted molar refractivity (Wildman–Crippen MR) is 82.3 cm³/mol. The maximum atomic E-state index is 6.05. The maximum Gasteiger partial charge on any atom is 0.0461 e. The number of halogens is 2. The first-order valence-corrected chi connectivity index (χ1v) is 7.86. The molecule has 106 valence electrons. The molecule has 0 aliphatic heterocycles. The SMILES string of the molecule is NNC(CCC1CCCCC1)c1cc(Cl)cc(Cl)c1. The lowest BCUT2D eigenvalue weighted by atomic mass is 9.84. The van der Waals surface area contributed by atoms with E-state index in [9.17, 15) is 0 Å². The molecule has 1 atom stereocenters. The quantitative estimate of drug-likeness (QED) is 0.602. The molecule has 0 heterocycles. The molecule has 0 spiro atoms. The second-order valence-corrected chi connectivity index (χ2v) is 6.38. The number of hydrazine groups is 1. The van der Waals surface area contributed by atoms with Crippen molar-refractivity contribution in [1.29, 1.82) is 0 Å². The summed E-state index contributed by atoms with van der Waals surface area (Å²) in [6, 6.07) is 5.78. The highest BCUT2D eigenvalue weighted by atomic mass is 35.5. The van der Waals surface area contributed by atoms with Crippen molar-refractivity contribution >= 4 is 23.2 Å². The third-order valence-electron chi connectivity index (χ3n) is 4.08. The minimum absolute atomic E-state index is 0.137. The highest BCUT2D eigenvalue weighted by Gasteiger charge is 2.17. The molecule has 2 nitrogen and oxygen atoms in total. The van der Waals surface area contributed by atoms with Crippen LogP contribution in [0.4, 0.5) is 0 Å². The predicted octanol–water partition coefficient (Wildman–Crippen LogP) is 4.86. The highest BCUT2D eigenvalue weighted by molar-refractivity contribution is 6.34. The monoisotopic (exact) mass is 300 g/mol. The van der Waals surface area contributed by atoms with Crippen molar-refractivity contribution in [3.8, 4) is 0 Å². The molecule has 0 saturated heterocycles. The van der Waals surface area contributed by atoms with Gasteiger partial charge in [0.15, 0.2) is 0 Å². The van der Waals surface area contributed by atoms with Gasteiger partial charge in [0.05, 0.1) is 0 Å². The molecule has 2 rings (SSSR count). The molecule has 0 radical (unpaired) electrons. The summed E-state index contributed by atoms with van der Waals surface area (Å²) in [4.78, 5) is 0. The number of hydrogen-bond donors (Lipinski definition) is 2. The van der Waals surface area contributed by atoms with E-state index in [0.717, 1.165) is 17.9 Å². The average Bonchev–Trinajstić information content (AvgIpc) is 2.39. The normalized spacial score (nSPS) is 18.5. The standard InChI is InChI=1S/C15H22Cl2N2/c16-13-8-12(9-14(17)10-13)15(19-18)7-6-11-4-2-1-3-5-11/h8-11,15,19H,1-7,18H2. The lowest BCUT2D eigenvalue weighted by molar-refractivity contribution is 0.315. The van der Waals surface area contributed by atoms with Crippen LogP contribution in [0, 0.1) is 5.92 Å². The number of hydrogen-bond acceptors (Lipinski definition) is 2. The molecule has 1 aliphatic rings. The molecule has 1 aromatic carbocycles. The fourth-order valence-corrected chi connectivity index (χ4v) is 3.54. The fraction of sp³-hybridized carbons (Fsp3) is 0.600. The molecule has 0 amide bonds. The number of nitrogens with two attached hydrogens (primary N) is 1. The zero-order valence-electron chi connectivity index (χ0n) is 11.2. The Bertz CT molecular complexity index is 383. The van der Waals surface area contributed by atoms with E-state index in [1.807, 2.05) is 12.1 Å². The van der Waals surface area contributed by atoms with E-state index < -0.39 is 0 Å². The lowest BCUT2D eigenvalue weighted by Crippen LogP contribution is -2.28. The topological polar surface area (TPSA) is 38.0 Å². The zero-order valence-corrected chi connectivity index (χ0v) is 12.7. The van der Waals surface area contributed by atoms with Gasteiger partial charge in [-0.25, -0.2) is 0 Å². The highest BCUT2D eigenvalue weighted by Crippen LogP contribution is 2.31. The molecule has 1 fully saturated rings. The Hall–Kier alpha value is -0.280. The third kappa shape index (κ3) is 4.64. The van der Waals surface area contributed by atoms with Crippen LogP contribution in [-0.4, -0.2) is 0 Å². The van der Waals surface area contributed by atoms with Gasteiger partial charge >= 0.3 is 0 Å². The molecule has 0 aromatic heterocycles. The van der Waals surface area contributed by atoms with Gasteiger partial charge in [-0.15, -0.1) is 0 Å². The van der Waals surface area contributed by atoms with Crippen molar-refractivity contribution in [2.75, 3.05) is 0 Å². The van der Waals surface area contributed by atoms with Crippen molar-refractivity contribution in [1.82, 2.24) is 5.43 Å². The zero-order chi connectivity index (χ0) is 13.7. The van der Waals surface area contributed by atoms with Gasteiger partial charge in [-0.05, 0) is 42.5 Å². The molecule has 1 aromatic rings. The Balaban J connectivity index is 1.95. The molecule has 1 unspecified atom stereocenters. The first-order chi connectivity index (χ1) is 9.19. The Morgan fingerprint density at radius 3 is 2.32 bits per heavy atom. The van der Waals surface area contributed by atoms with Crippen molar-refractivity contribution in [2.24, 2.45) is 11.8 Å². The molecule has 1 saturated carbocycles. The largest absolute Gasteiger partial charge is 0.271 e. The summed E-state index contributed by atoms with van der Waals surface area (Å²) in [7, 11) is 0. The van der Waals surface area contributed by atoms with Crippen LogP contribution in [0.15, 0.2) is 18.2 Å². The third-order valence-corrected chi connectivity index (χ3v) is 4.51. The Morgan fingerprint density at radius 2 is 1.74 bits per heavy atom. The minimum Gasteiger partial charge on any atom is -0.271 e. The van der Waals surface area contributed by atoms with Crippen LogP contribution < -0.4 is 11.3 Å². The van der Waals surface area contributed by atoms with Crippen LogP contribution in [0.2, 0.25) is 10.0 Å². The summed E-state index contributed by atoms with van der Waals surface area (Å²) in [5.74, 6) is 6.54. The Morgan fingerprint density at radius 1 is 1.11 bits per heavy atom. The van der Waals surface area contributed by atoms with E-state index in [2.05, 4.69) is 5.43 Å². The van der Waals surface area contributed by atoms with E-state index in [-0.39, 0.29) is 6.04 Å². The maximum absolute atomic E-state index is 6.05. The molecular formula is C15H22Cl2N2. The lowest BCUT2D eigenvalue weighted by Gasteiger charge is -2.24. The molecule has 3 N–H and O–H groups in total. The van der Waals surface area contributed by atoms with Crippen LogP contribution in [0.25, 0.3) is 0 Å². The average molecular weight is 301 g/mol. The van der Waals surface area contributed by atoms with Crippen LogP contribution in [0.3, 0.4) is 0 Å². The molecule has 19 heavy (non-hydrogen) atoms. The van der Waals surface area contributed by atoms with Gasteiger partial charge in [-0.2, -0.15) is 0 Å². The molecule has 1 aliphatic carbocycles. The van der Waals surface area contributed by atoms with Gasteiger partial charge in [-0.1, -0.05) is 55.3 Å². The Labute approximate surface area is 125 Å². The molecular weight excluding hydrogens is 279 g/mol. The van der Waals surface area contributed by atoms with Crippen molar-refractivity contribution in [3.63, 3.8) is 0 Å². The van der Waals surface area contributed by atoms with E-state index in [0.29, 0.717) is 10.0 Å². The van der Waals surface area contributed by atoms with Crippen LogP contribution in [-0.2, 0) is 0 Å². The van der Waals surface area contributed by atoms with E-state index in [4.69, 9.17) is 29.0 Å². The Kier molecular flexibility index (Phi) is 5.96. The van der Waals surface area contributed by atoms with E-state index >= 15 is 0 Å². The second-order valence-electron chi connectivity index (χ2n) is 5.50. The number of nitrogens with one attached hydrogen (secondary N) is 1. The van der Waals surface area contributed by atoms with Crippen molar-refractivity contribution in [2.45, 2.75) is 51.0 Å². The van der Waals surface area contributed by atoms with Gasteiger partial charge in [0, 0.05) is 16.1 Å². The van der Waals surface area contributed by atoms with Gasteiger partial charge in [0.2, 0.25) is 0 Å². The summed E-state index contributed by atoms with van der Waals surface area (Å²) >= 11 is 12.1. The van der Waals surface area contributed by atoms with Gasteiger partial charge in [0.25, 0.3) is 0 Å². The smallest absolute Gasteiger partial charge is 0.0461 e. The number of rotatable bonds is 5. The minimum atomic E-state index is 0.137. The van der Waals surface area contributed by atoms with Crippen LogP contribution in [0.5, 0.6) is 0 Å². The van der Waals surface area contributed by atoms with Gasteiger partial charge < -0.3 is 0 Å². The van der Waals surface area contributed by atoms with Crippen LogP contribution in [0.1, 0.15) is 56.6 Å². The van der Waals surface area contributed by atoms with Crippen molar-refractivity contribution in [3.05, 3.63) is 33.8 Å². The summed E-state index contributed by atoms with van der Waals surface area (Å²) in [5, 5.41) is 1.33. The summed E-state index contributed by atoms with van der Waals surface area (Å²) in [5.41, 5.74) is 3.97. The van der Waals surface area contributed by atoms with Gasteiger partial charge in [0.1, 0.15) is 0 Å².